The Morgan fingerprint density at radius 2 is 1.67 bits per heavy atom. The summed E-state index contributed by atoms with van der Waals surface area (Å²) in [6, 6.07) is 12.0. The minimum Gasteiger partial charge on any atom is -0.496 e. The molecule has 2 aromatic rings. The van der Waals surface area contributed by atoms with Gasteiger partial charge in [-0.25, -0.2) is 0 Å². The second kappa shape index (κ2) is 10.5. The van der Waals surface area contributed by atoms with Crippen LogP contribution in [0.25, 0.3) is 16.8 Å². The van der Waals surface area contributed by atoms with Gasteiger partial charge in [0.1, 0.15) is 12.0 Å². The second-order valence-electron chi connectivity index (χ2n) is 6.19. The van der Waals surface area contributed by atoms with Crippen molar-refractivity contribution < 1.29 is 19.0 Å². The van der Waals surface area contributed by atoms with E-state index in [1.54, 1.807) is 19.3 Å². The van der Waals surface area contributed by atoms with Crippen molar-refractivity contribution >= 4 is 23.1 Å². The Kier molecular flexibility index (Phi) is 7.99. The summed E-state index contributed by atoms with van der Waals surface area (Å²) >= 11 is 0. The highest BCUT2D eigenvalue weighted by atomic mass is 16.5. The maximum Gasteiger partial charge on any atom is 0.134 e. The van der Waals surface area contributed by atoms with E-state index in [-0.39, 0.29) is 13.2 Å². The largest absolute Gasteiger partial charge is 0.496 e. The molecule has 0 saturated heterocycles. The highest BCUT2D eigenvalue weighted by Gasteiger charge is 2.28. The molecule has 2 rings (SSSR count). The molecule has 0 spiro atoms. The summed E-state index contributed by atoms with van der Waals surface area (Å²) in [6.45, 7) is 8.40. The number of rotatable bonds is 12. The van der Waals surface area contributed by atoms with Crippen molar-refractivity contribution in [2.24, 2.45) is 5.41 Å². The standard InChI is InChI=1S/C23H26O4/c1-4-14-26-17-23(16-24,18-27-15-5-2)13-12-21-20-9-7-6-8-19(20)10-11-22(21)25-3/h4-13,16H,1-2,14-15,17-18H2,3H3/b13-12+. The summed E-state index contributed by atoms with van der Waals surface area (Å²) < 4.78 is 16.7. The van der Waals surface area contributed by atoms with E-state index >= 15 is 0 Å². The number of benzene rings is 2. The number of carbonyl (C=O) groups excluding carboxylic acids is 1. The summed E-state index contributed by atoms with van der Waals surface area (Å²) in [5, 5.41) is 2.15. The molecule has 0 heterocycles. The summed E-state index contributed by atoms with van der Waals surface area (Å²) in [4.78, 5) is 12.0. The predicted molar refractivity (Wildman–Crippen MR) is 110 cm³/mol. The van der Waals surface area contributed by atoms with E-state index in [2.05, 4.69) is 13.2 Å². The molecule has 4 nitrogen and oxygen atoms in total. The first-order valence-corrected chi connectivity index (χ1v) is 8.78. The van der Waals surface area contributed by atoms with Crippen molar-refractivity contribution in [3.8, 4) is 5.75 Å². The number of carbonyl (C=O) groups is 1. The zero-order valence-electron chi connectivity index (χ0n) is 15.7. The molecule has 27 heavy (non-hydrogen) atoms. The molecule has 0 saturated carbocycles. The highest BCUT2D eigenvalue weighted by molar-refractivity contribution is 5.93. The molecule has 0 N–H and O–H groups in total. The molecule has 0 unspecified atom stereocenters. The molecule has 0 aliphatic carbocycles. The van der Waals surface area contributed by atoms with Crippen molar-refractivity contribution in [2.75, 3.05) is 33.5 Å². The molecular formula is C23H26O4. The highest BCUT2D eigenvalue weighted by Crippen LogP contribution is 2.31. The fourth-order valence-corrected chi connectivity index (χ4v) is 2.78. The van der Waals surface area contributed by atoms with Crippen molar-refractivity contribution in [1.29, 1.82) is 0 Å². The average molecular weight is 366 g/mol. The van der Waals surface area contributed by atoms with Crippen LogP contribution in [0.5, 0.6) is 5.75 Å². The van der Waals surface area contributed by atoms with Gasteiger partial charge in [-0.15, -0.1) is 13.2 Å². The second-order valence-corrected chi connectivity index (χ2v) is 6.19. The monoisotopic (exact) mass is 366 g/mol. The first-order valence-electron chi connectivity index (χ1n) is 8.78. The van der Waals surface area contributed by atoms with Crippen molar-refractivity contribution in [2.45, 2.75) is 0 Å². The van der Waals surface area contributed by atoms with Crippen molar-refractivity contribution in [3.63, 3.8) is 0 Å². The van der Waals surface area contributed by atoms with Crippen LogP contribution in [0.3, 0.4) is 0 Å². The lowest BCUT2D eigenvalue weighted by molar-refractivity contribution is -0.119. The Morgan fingerprint density at radius 3 is 2.26 bits per heavy atom. The summed E-state index contributed by atoms with van der Waals surface area (Å²) in [6.07, 6.45) is 7.91. The Balaban J connectivity index is 2.41. The average Bonchev–Trinajstić information content (AvgIpc) is 2.71. The SMILES string of the molecule is C=CCOCC(C=O)(/C=C/c1c(OC)ccc2ccccc12)COCC=C. The molecular weight excluding hydrogens is 340 g/mol. The lowest BCUT2D eigenvalue weighted by Crippen LogP contribution is -2.32. The van der Waals surface area contributed by atoms with Crippen LogP contribution in [0, 0.1) is 5.41 Å². The molecule has 0 fully saturated rings. The third-order valence-corrected chi connectivity index (χ3v) is 4.18. The fraction of sp³-hybridized carbons (Fsp3) is 0.261. The van der Waals surface area contributed by atoms with Gasteiger partial charge in [-0.05, 0) is 16.8 Å². The fourth-order valence-electron chi connectivity index (χ4n) is 2.78. The van der Waals surface area contributed by atoms with Crippen molar-refractivity contribution in [3.05, 3.63) is 73.3 Å². The normalized spacial score (nSPS) is 11.6. The van der Waals surface area contributed by atoms with E-state index in [1.807, 2.05) is 48.6 Å². The number of aldehydes is 1. The summed E-state index contributed by atoms with van der Waals surface area (Å²) in [7, 11) is 1.63. The van der Waals surface area contributed by atoms with Gasteiger partial charge in [0.2, 0.25) is 0 Å². The lowest BCUT2D eigenvalue weighted by atomic mass is 9.90. The van der Waals surface area contributed by atoms with Gasteiger partial charge in [0.15, 0.2) is 0 Å². The van der Waals surface area contributed by atoms with Crippen LogP contribution in [0.15, 0.2) is 67.8 Å². The minimum atomic E-state index is -0.909. The van der Waals surface area contributed by atoms with Gasteiger partial charge < -0.3 is 19.0 Å². The van der Waals surface area contributed by atoms with Gasteiger partial charge in [0, 0.05) is 5.56 Å². The summed E-state index contributed by atoms with van der Waals surface area (Å²) in [5.41, 5.74) is 0.00260. The van der Waals surface area contributed by atoms with E-state index in [9.17, 15) is 4.79 Å². The van der Waals surface area contributed by atoms with E-state index in [4.69, 9.17) is 14.2 Å². The first-order chi connectivity index (χ1) is 13.2. The van der Waals surface area contributed by atoms with Crippen LogP contribution in [0.1, 0.15) is 5.56 Å². The van der Waals surface area contributed by atoms with Crippen LogP contribution in [-0.2, 0) is 14.3 Å². The third-order valence-electron chi connectivity index (χ3n) is 4.18. The Morgan fingerprint density at radius 1 is 1.00 bits per heavy atom. The molecule has 0 aliphatic heterocycles. The number of hydrogen-bond donors (Lipinski definition) is 0. The third kappa shape index (κ3) is 5.39. The van der Waals surface area contributed by atoms with E-state index < -0.39 is 5.41 Å². The molecule has 0 atom stereocenters. The van der Waals surface area contributed by atoms with E-state index in [1.165, 1.54) is 0 Å². The first kappa shape index (κ1) is 20.6. The number of methoxy groups -OCH3 is 1. The molecule has 0 bridgehead atoms. The Bertz CT molecular complexity index is 793. The predicted octanol–water partition coefficient (Wildman–Crippen LogP) is 4.45. The van der Waals surface area contributed by atoms with E-state index in [0.29, 0.717) is 13.2 Å². The maximum absolute atomic E-state index is 12.0. The molecule has 0 aliphatic rings. The van der Waals surface area contributed by atoms with Crippen LogP contribution in [0.2, 0.25) is 0 Å². The topological polar surface area (TPSA) is 44.8 Å². The van der Waals surface area contributed by atoms with Gasteiger partial charge in [-0.2, -0.15) is 0 Å². The molecule has 142 valence electrons. The van der Waals surface area contributed by atoms with Crippen LogP contribution >= 0.6 is 0 Å². The lowest BCUT2D eigenvalue weighted by Gasteiger charge is -2.24. The van der Waals surface area contributed by atoms with Crippen molar-refractivity contribution in [1.82, 2.24) is 0 Å². The van der Waals surface area contributed by atoms with Gasteiger partial charge in [0.25, 0.3) is 0 Å². The number of hydrogen-bond acceptors (Lipinski definition) is 4. The smallest absolute Gasteiger partial charge is 0.134 e. The molecule has 4 heteroatoms. The zero-order chi connectivity index (χ0) is 19.5. The number of ether oxygens (including phenoxy) is 3. The van der Waals surface area contributed by atoms with E-state index in [0.717, 1.165) is 28.4 Å². The quantitative estimate of drug-likeness (QED) is 0.316. The van der Waals surface area contributed by atoms with Gasteiger partial charge >= 0.3 is 0 Å². The minimum absolute atomic E-state index is 0.198. The van der Waals surface area contributed by atoms with Crippen LogP contribution < -0.4 is 4.74 Å². The Hall–Kier alpha value is -2.69. The van der Waals surface area contributed by atoms with Gasteiger partial charge in [0.05, 0.1) is 39.0 Å². The zero-order valence-corrected chi connectivity index (χ0v) is 15.7. The van der Waals surface area contributed by atoms with Crippen LogP contribution in [-0.4, -0.2) is 39.8 Å². The molecule has 0 aromatic heterocycles. The van der Waals surface area contributed by atoms with Gasteiger partial charge in [-0.1, -0.05) is 54.6 Å². The Labute approximate surface area is 160 Å². The molecule has 0 amide bonds. The van der Waals surface area contributed by atoms with Gasteiger partial charge in [-0.3, -0.25) is 0 Å². The summed E-state index contributed by atoms with van der Waals surface area (Å²) in [5.74, 6) is 0.740. The maximum atomic E-state index is 12.0. The number of fused-ring (bicyclic) bond motifs is 1. The van der Waals surface area contributed by atoms with Crippen LogP contribution in [0.4, 0.5) is 0 Å². The molecule has 0 radical (unpaired) electrons. The molecule has 2 aromatic carbocycles.